The maximum Gasteiger partial charge on any atom is 0.239 e. The van der Waals surface area contributed by atoms with Crippen molar-refractivity contribution in [1.82, 2.24) is 4.98 Å². The van der Waals surface area contributed by atoms with Crippen molar-refractivity contribution in [2.75, 3.05) is 17.7 Å². The Bertz CT molecular complexity index is 561. The Morgan fingerprint density at radius 2 is 1.84 bits per heavy atom. The second-order valence-corrected chi connectivity index (χ2v) is 4.53. The van der Waals surface area contributed by atoms with Crippen LogP contribution in [0.15, 0.2) is 30.3 Å². The van der Waals surface area contributed by atoms with Crippen molar-refractivity contribution in [3.63, 3.8) is 0 Å². The molecule has 0 aliphatic rings. The molecule has 0 spiro atoms. The summed E-state index contributed by atoms with van der Waals surface area (Å²) in [5, 5.41) is 3.26. The van der Waals surface area contributed by atoms with Crippen LogP contribution in [-0.2, 0) is 0 Å². The number of aryl methyl sites for hydroxylation is 2. The lowest BCUT2D eigenvalue weighted by Gasteiger charge is -2.11. The van der Waals surface area contributed by atoms with E-state index >= 15 is 0 Å². The molecule has 0 unspecified atom stereocenters. The molecule has 0 bridgehead atoms. The maximum absolute atomic E-state index is 5.80. The van der Waals surface area contributed by atoms with Gasteiger partial charge in [-0.1, -0.05) is 6.07 Å². The van der Waals surface area contributed by atoms with Gasteiger partial charge in [-0.2, -0.15) is 4.98 Å². The van der Waals surface area contributed by atoms with Crippen molar-refractivity contribution in [2.24, 2.45) is 0 Å². The molecule has 19 heavy (non-hydrogen) atoms. The van der Waals surface area contributed by atoms with Crippen LogP contribution in [0.3, 0.4) is 0 Å². The fraction of sp³-hybridized carbons (Fsp3) is 0.267. The second-order valence-electron chi connectivity index (χ2n) is 4.53. The number of anilines is 3. The summed E-state index contributed by atoms with van der Waals surface area (Å²) in [5.41, 5.74) is 9.78. The largest absolute Gasteiger partial charge is 0.476 e. The van der Waals surface area contributed by atoms with Crippen LogP contribution < -0.4 is 15.8 Å². The number of hydrogen-bond donors (Lipinski definition) is 2. The van der Waals surface area contributed by atoms with Gasteiger partial charge in [0.15, 0.2) is 0 Å². The highest BCUT2D eigenvalue weighted by molar-refractivity contribution is 5.61. The standard InChI is InChI=1S/C15H19N3O/c1-4-19-15-13(16)5-6-14(18-15)17-12-8-10(2)7-11(3)9-12/h5-9H,4,16H2,1-3H3,(H,17,18). The predicted octanol–water partition coefficient (Wildman–Crippen LogP) is 3.42. The van der Waals surface area contributed by atoms with Crippen LogP contribution in [0, 0.1) is 13.8 Å². The summed E-state index contributed by atoms with van der Waals surface area (Å²) >= 11 is 0. The predicted molar refractivity (Wildman–Crippen MR) is 79.0 cm³/mol. The third-order valence-electron chi connectivity index (χ3n) is 2.66. The van der Waals surface area contributed by atoms with E-state index < -0.39 is 0 Å². The summed E-state index contributed by atoms with van der Waals surface area (Å²) in [6.07, 6.45) is 0. The van der Waals surface area contributed by atoms with Crippen molar-refractivity contribution in [1.29, 1.82) is 0 Å². The molecule has 2 rings (SSSR count). The molecule has 1 heterocycles. The van der Waals surface area contributed by atoms with E-state index in [1.165, 1.54) is 11.1 Å². The van der Waals surface area contributed by atoms with Gasteiger partial charge >= 0.3 is 0 Å². The van der Waals surface area contributed by atoms with Crippen LogP contribution in [-0.4, -0.2) is 11.6 Å². The first-order valence-electron chi connectivity index (χ1n) is 6.33. The molecule has 0 saturated heterocycles. The van der Waals surface area contributed by atoms with Crippen molar-refractivity contribution in [3.8, 4) is 5.88 Å². The molecule has 0 fully saturated rings. The fourth-order valence-electron chi connectivity index (χ4n) is 1.97. The number of aromatic nitrogens is 1. The number of rotatable bonds is 4. The average molecular weight is 257 g/mol. The highest BCUT2D eigenvalue weighted by Crippen LogP contribution is 2.24. The van der Waals surface area contributed by atoms with Gasteiger partial charge in [0.2, 0.25) is 5.88 Å². The Hall–Kier alpha value is -2.23. The van der Waals surface area contributed by atoms with E-state index in [1.54, 1.807) is 6.07 Å². The van der Waals surface area contributed by atoms with E-state index in [2.05, 4.69) is 42.3 Å². The Kier molecular flexibility index (Phi) is 3.90. The van der Waals surface area contributed by atoms with Gasteiger partial charge < -0.3 is 15.8 Å². The van der Waals surface area contributed by atoms with Crippen LogP contribution >= 0.6 is 0 Å². The Morgan fingerprint density at radius 1 is 1.16 bits per heavy atom. The van der Waals surface area contributed by atoms with Gasteiger partial charge in [-0.25, -0.2) is 0 Å². The number of nitrogens with one attached hydrogen (secondary N) is 1. The number of nitrogen functional groups attached to an aromatic ring is 1. The van der Waals surface area contributed by atoms with Gasteiger partial charge in [0.1, 0.15) is 5.82 Å². The summed E-state index contributed by atoms with van der Waals surface area (Å²) in [5.74, 6) is 1.19. The van der Waals surface area contributed by atoms with Gasteiger partial charge in [-0.3, -0.25) is 0 Å². The van der Waals surface area contributed by atoms with Crippen molar-refractivity contribution >= 4 is 17.2 Å². The van der Waals surface area contributed by atoms with E-state index in [-0.39, 0.29) is 0 Å². The number of ether oxygens (including phenoxy) is 1. The van der Waals surface area contributed by atoms with Gasteiger partial charge in [0, 0.05) is 5.69 Å². The lowest BCUT2D eigenvalue weighted by atomic mass is 10.1. The summed E-state index contributed by atoms with van der Waals surface area (Å²) in [7, 11) is 0. The quantitative estimate of drug-likeness (QED) is 0.881. The fourth-order valence-corrected chi connectivity index (χ4v) is 1.97. The molecule has 0 amide bonds. The number of hydrogen-bond acceptors (Lipinski definition) is 4. The third kappa shape index (κ3) is 3.37. The molecule has 0 aliphatic carbocycles. The highest BCUT2D eigenvalue weighted by atomic mass is 16.5. The SMILES string of the molecule is CCOc1nc(Nc2cc(C)cc(C)c2)ccc1N. The lowest BCUT2D eigenvalue weighted by Crippen LogP contribution is -2.02. The van der Waals surface area contributed by atoms with Crippen LogP contribution in [0.2, 0.25) is 0 Å². The second kappa shape index (κ2) is 5.61. The first-order valence-corrected chi connectivity index (χ1v) is 6.33. The first kappa shape index (κ1) is 13.2. The molecule has 2 aromatic rings. The van der Waals surface area contributed by atoms with E-state index in [0.717, 1.165) is 11.5 Å². The molecule has 100 valence electrons. The minimum Gasteiger partial charge on any atom is -0.476 e. The zero-order valence-corrected chi connectivity index (χ0v) is 11.5. The van der Waals surface area contributed by atoms with E-state index in [4.69, 9.17) is 10.5 Å². The molecule has 4 nitrogen and oxygen atoms in total. The van der Waals surface area contributed by atoms with Crippen LogP contribution in [0.4, 0.5) is 17.2 Å². The molecule has 0 radical (unpaired) electrons. The Balaban J connectivity index is 2.25. The molecule has 0 aliphatic heterocycles. The third-order valence-corrected chi connectivity index (χ3v) is 2.66. The molecular formula is C15H19N3O. The van der Waals surface area contributed by atoms with Gasteiger partial charge in [0.05, 0.1) is 12.3 Å². The minimum atomic E-state index is 0.469. The van der Waals surface area contributed by atoms with Crippen LogP contribution in [0.1, 0.15) is 18.1 Å². The number of nitrogens with two attached hydrogens (primary N) is 1. The van der Waals surface area contributed by atoms with Gasteiger partial charge in [-0.15, -0.1) is 0 Å². The van der Waals surface area contributed by atoms with Crippen molar-refractivity contribution in [2.45, 2.75) is 20.8 Å². The number of nitrogens with zero attached hydrogens (tertiary/aromatic N) is 1. The monoisotopic (exact) mass is 257 g/mol. The van der Waals surface area contributed by atoms with E-state index in [0.29, 0.717) is 18.2 Å². The summed E-state index contributed by atoms with van der Waals surface area (Å²) < 4.78 is 5.39. The van der Waals surface area contributed by atoms with Gasteiger partial charge in [0.25, 0.3) is 0 Å². The molecule has 1 aromatic carbocycles. The van der Waals surface area contributed by atoms with E-state index in [9.17, 15) is 0 Å². The summed E-state index contributed by atoms with van der Waals surface area (Å²) in [6.45, 7) is 6.59. The maximum atomic E-state index is 5.80. The Morgan fingerprint density at radius 3 is 2.47 bits per heavy atom. The molecule has 0 saturated carbocycles. The zero-order chi connectivity index (χ0) is 13.8. The number of benzene rings is 1. The topological polar surface area (TPSA) is 60.2 Å². The molecule has 1 aromatic heterocycles. The van der Waals surface area contributed by atoms with E-state index in [1.807, 2.05) is 13.0 Å². The van der Waals surface area contributed by atoms with Crippen LogP contribution in [0.5, 0.6) is 5.88 Å². The van der Waals surface area contributed by atoms with Crippen LogP contribution in [0.25, 0.3) is 0 Å². The van der Waals surface area contributed by atoms with Crippen molar-refractivity contribution in [3.05, 3.63) is 41.5 Å². The minimum absolute atomic E-state index is 0.469. The lowest BCUT2D eigenvalue weighted by molar-refractivity contribution is 0.329. The highest BCUT2D eigenvalue weighted by Gasteiger charge is 2.04. The average Bonchev–Trinajstić information content (AvgIpc) is 2.32. The van der Waals surface area contributed by atoms with Gasteiger partial charge in [-0.05, 0) is 56.2 Å². The normalized spacial score (nSPS) is 10.3. The zero-order valence-electron chi connectivity index (χ0n) is 11.5. The molecular weight excluding hydrogens is 238 g/mol. The number of pyridine rings is 1. The summed E-state index contributed by atoms with van der Waals surface area (Å²) in [6, 6.07) is 9.92. The Labute approximate surface area is 113 Å². The molecule has 0 atom stereocenters. The molecule has 4 heteroatoms. The first-order chi connectivity index (χ1) is 9.08. The van der Waals surface area contributed by atoms with Crippen molar-refractivity contribution < 1.29 is 4.74 Å². The molecule has 3 N–H and O–H groups in total. The summed E-state index contributed by atoms with van der Waals surface area (Å²) in [4.78, 5) is 4.36. The smallest absolute Gasteiger partial charge is 0.239 e.